The Hall–Kier alpha value is -2.33. The van der Waals surface area contributed by atoms with E-state index in [9.17, 15) is 9.59 Å². The van der Waals surface area contributed by atoms with Gasteiger partial charge in [0.15, 0.2) is 0 Å². The van der Waals surface area contributed by atoms with E-state index in [2.05, 4.69) is 5.32 Å². The number of rotatable bonds is 4. The normalized spacial score (nSPS) is 15.4. The predicted octanol–water partition coefficient (Wildman–Crippen LogP) is 3.96. The zero-order valence-electron chi connectivity index (χ0n) is 13.5. The minimum absolute atomic E-state index is 0.111. The lowest BCUT2D eigenvalue weighted by Gasteiger charge is -2.18. The third kappa shape index (κ3) is 3.60. The highest BCUT2D eigenvalue weighted by Gasteiger charge is 2.22. The minimum Gasteiger partial charge on any atom is -0.346 e. The molecule has 1 aliphatic rings. The van der Waals surface area contributed by atoms with Crippen LogP contribution in [0.4, 0.5) is 5.69 Å². The van der Waals surface area contributed by atoms with E-state index in [0.717, 1.165) is 17.7 Å². The predicted molar refractivity (Wildman–Crippen MR) is 95.4 cm³/mol. The number of anilines is 1. The fourth-order valence-electron chi connectivity index (χ4n) is 2.88. The minimum atomic E-state index is -0.170. The van der Waals surface area contributed by atoms with E-state index in [1.165, 1.54) is 0 Å². The fraction of sp³-hybridized carbons (Fsp3) is 0.263. The third-order valence-electron chi connectivity index (χ3n) is 4.19. The first-order chi connectivity index (χ1) is 11.5. The van der Waals surface area contributed by atoms with Crippen molar-refractivity contribution in [3.05, 3.63) is 64.7 Å². The maximum absolute atomic E-state index is 12.5. The zero-order chi connectivity index (χ0) is 17.1. The Morgan fingerprint density at radius 3 is 2.71 bits per heavy atom. The molecule has 0 bridgehead atoms. The van der Waals surface area contributed by atoms with E-state index in [-0.39, 0.29) is 17.9 Å². The summed E-state index contributed by atoms with van der Waals surface area (Å²) in [5.74, 6) is -0.0594. The Balaban J connectivity index is 1.74. The molecule has 2 aromatic rings. The van der Waals surface area contributed by atoms with E-state index < -0.39 is 0 Å². The van der Waals surface area contributed by atoms with Crippen LogP contribution in [0.1, 0.15) is 41.7 Å². The molecule has 4 nitrogen and oxygen atoms in total. The molecule has 1 heterocycles. The molecule has 2 aromatic carbocycles. The highest BCUT2D eigenvalue weighted by Crippen LogP contribution is 2.23. The maximum atomic E-state index is 12.5. The van der Waals surface area contributed by atoms with Gasteiger partial charge in [0.05, 0.1) is 6.04 Å². The molecular formula is C19H19ClN2O2. The maximum Gasteiger partial charge on any atom is 0.251 e. The van der Waals surface area contributed by atoms with Crippen molar-refractivity contribution < 1.29 is 9.59 Å². The first-order valence-electron chi connectivity index (χ1n) is 8.01. The molecule has 1 N–H and O–H groups in total. The van der Waals surface area contributed by atoms with Gasteiger partial charge >= 0.3 is 0 Å². The van der Waals surface area contributed by atoms with Crippen molar-refractivity contribution in [1.29, 1.82) is 0 Å². The van der Waals surface area contributed by atoms with Gasteiger partial charge in [0.2, 0.25) is 5.91 Å². The van der Waals surface area contributed by atoms with Crippen LogP contribution in [0.5, 0.6) is 0 Å². The van der Waals surface area contributed by atoms with Gasteiger partial charge in [-0.3, -0.25) is 9.59 Å². The van der Waals surface area contributed by atoms with Gasteiger partial charge in [0, 0.05) is 29.2 Å². The molecule has 1 aliphatic heterocycles. The summed E-state index contributed by atoms with van der Waals surface area (Å²) in [4.78, 5) is 26.1. The van der Waals surface area contributed by atoms with Crippen molar-refractivity contribution in [3.8, 4) is 0 Å². The lowest BCUT2D eigenvalue weighted by Crippen LogP contribution is -2.27. The van der Waals surface area contributed by atoms with Crippen LogP contribution in [0.3, 0.4) is 0 Å². The summed E-state index contributed by atoms with van der Waals surface area (Å²) in [5.41, 5.74) is 2.27. The van der Waals surface area contributed by atoms with Crippen LogP contribution < -0.4 is 10.2 Å². The van der Waals surface area contributed by atoms with Crippen LogP contribution in [-0.2, 0) is 4.79 Å². The second-order valence-corrected chi connectivity index (χ2v) is 6.39. The summed E-state index contributed by atoms with van der Waals surface area (Å²) in [5, 5.41) is 3.61. The van der Waals surface area contributed by atoms with Crippen LogP contribution in [0, 0.1) is 0 Å². The molecule has 5 heteroatoms. The summed E-state index contributed by atoms with van der Waals surface area (Å²) in [6.07, 6.45) is 1.43. The zero-order valence-corrected chi connectivity index (χ0v) is 14.2. The van der Waals surface area contributed by atoms with Gasteiger partial charge in [-0.2, -0.15) is 0 Å². The van der Waals surface area contributed by atoms with Crippen molar-refractivity contribution in [3.63, 3.8) is 0 Å². The summed E-state index contributed by atoms with van der Waals surface area (Å²) >= 11 is 6.00. The largest absolute Gasteiger partial charge is 0.346 e. The number of amides is 2. The monoisotopic (exact) mass is 342 g/mol. The lowest BCUT2D eigenvalue weighted by atomic mass is 10.1. The highest BCUT2D eigenvalue weighted by molar-refractivity contribution is 6.30. The van der Waals surface area contributed by atoms with Crippen molar-refractivity contribution in [2.24, 2.45) is 0 Å². The Kier molecular flexibility index (Phi) is 4.86. The van der Waals surface area contributed by atoms with Crippen LogP contribution in [0.2, 0.25) is 5.02 Å². The Bertz CT molecular complexity index is 775. The molecule has 0 saturated carbocycles. The van der Waals surface area contributed by atoms with Gasteiger partial charge in [0.25, 0.3) is 5.91 Å². The number of hydrogen-bond donors (Lipinski definition) is 1. The number of nitrogens with zero attached hydrogens (tertiary/aromatic N) is 1. The van der Waals surface area contributed by atoms with Crippen molar-refractivity contribution >= 4 is 29.1 Å². The Labute approximate surface area is 146 Å². The van der Waals surface area contributed by atoms with Gasteiger partial charge in [-0.05, 0) is 49.2 Å². The summed E-state index contributed by atoms with van der Waals surface area (Å²) < 4.78 is 0. The van der Waals surface area contributed by atoms with Gasteiger partial charge in [-0.15, -0.1) is 0 Å². The number of hydrogen-bond acceptors (Lipinski definition) is 2. The molecule has 3 rings (SSSR count). The standard InChI is InChI=1S/C19H19ClN2O2/c1-13(14-5-2-7-16(20)11-14)21-19(24)15-6-3-8-17(12-15)22-10-4-9-18(22)23/h2-3,5-8,11-13H,4,9-10H2,1H3,(H,21,24). The first-order valence-corrected chi connectivity index (χ1v) is 8.39. The average Bonchev–Trinajstić information content (AvgIpc) is 3.01. The quantitative estimate of drug-likeness (QED) is 0.914. The van der Waals surface area contributed by atoms with Crippen LogP contribution in [0.25, 0.3) is 0 Å². The topological polar surface area (TPSA) is 49.4 Å². The number of carbonyl (C=O) groups excluding carboxylic acids is 2. The first kappa shape index (κ1) is 16.5. The van der Waals surface area contributed by atoms with Crippen LogP contribution in [-0.4, -0.2) is 18.4 Å². The Morgan fingerprint density at radius 1 is 1.21 bits per heavy atom. The van der Waals surface area contributed by atoms with Crippen LogP contribution >= 0.6 is 11.6 Å². The highest BCUT2D eigenvalue weighted by atomic mass is 35.5. The molecule has 1 fully saturated rings. The van der Waals surface area contributed by atoms with E-state index in [1.54, 1.807) is 29.2 Å². The lowest BCUT2D eigenvalue weighted by molar-refractivity contribution is -0.117. The van der Waals surface area contributed by atoms with Gasteiger partial charge < -0.3 is 10.2 Å². The molecule has 24 heavy (non-hydrogen) atoms. The second-order valence-electron chi connectivity index (χ2n) is 5.95. The van der Waals surface area contributed by atoms with Gasteiger partial charge in [-0.1, -0.05) is 29.8 Å². The molecule has 1 atom stereocenters. The number of benzene rings is 2. The van der Waals surface area contributed by atoms with E-state index in [0.29, 0.717) is 23.6 Å². The Morgan fingerprint density at radius 2 is 2.00 bits per heavy atom. The molecule has 0 radical (unpaired) electrons. The SMILES string of the molecule is CC(NC(=O)c1cccc(N2CCCC2=O)c1)c1cccc(Cl)c1. The molecule has 1 unspecified atom stereocenters. The number of halogens is 1. The third-order valence-corrected chi connectivity index (χ3v) is 4.42. The van der Waals surface area contributed by atoms with E-state index in [4.69, 9.17) is 11.6 Å². The average molecular weight is 343 g/mol. The molecule has 0 aliphatic carbocycles. The van der Waals surface area contributed by atoms with E-state index >= 15 is 0 Å². The van der Waals surface area contributed by atoms with Crippen molar-refractivity contribution in [2.45, 2.75) is 25.8 Å². The van der Waals surface area contributed by atoms with E-state index in [1.807, 2.05) is 31.2 Å². The summed E-state index contributed by atoms with van der Waals surface area (Å²) in [7, 11) is 0. The second kappa shape index (κ2) is 7.05. The van der Waals surface area contributed by atoms with Crippen LogP contribution in [0.15, 0.2) is 48.5 Å². The van der Waals surface area contributed by atoms with Gasteiger partial charge in [-0.25, -0.2) is 0 Å². The number of carbonyl (C=O) groups is 2. The van der Waals surface area contributed by atoms with Crippen molar-refractivity contribution in [1.82, 2.24) is 5.32 Å². The molecule has 2 amide bonds. The van der Waals surface area contributed by atoms with Gasteiger partial charge in [0.1, 0.15) is 0 Å². The molecule has 0 aromatic heterocycles. The molecule has 0 spiro atoms. The summed E-state index contributed by atoms with van der Waals surface area (Å²) in [6, 6.07) is 14.5. The summed E-state index contributed by atoms with van der Waals surface area (Å²) in [6.45, 7) is 2.63. The molecule has 1 saturated heterocycles. The smallest absolute Gasteiger partial charge is 0.251 e. The number of nitrogens with one attached hydrogen (secondary N) is 1. The molecular weight excluding hydrogens is 324 g/mol. The van der Waals surface area contributed by atoms with Crippen molar-refractivity contribution in [2.75, 3.05) is 11.4 Å². The molecule has 124 valence electrons. The fourth-order valence-corrected chi connectivity index (χ4v) is 3.07.